The van der Waals surface area contributed by atoms with Crippen LogP contribution in [0.15, 0.2) is 158 Å². The van der Waals surface area contributed by atoms with Gasteiger partial charge < -0.3 is 28.7 Å². The van der Waals surface area contributed by atoms with Crippen molar-refractivity contribution < 1.29 is 18.9 Å². The van der Waals surface area contributed by atoms with Gasteiger partial charge >= 0.3 is 0 Å². The SMILES string of the molecule is CCC1(COCCCCCCc2ccc(N(c3ccccc3)c3ccc(-c4ccc(N(c5ccccc5)c5ccc(CCCCCCOC6(CC)COC6)cc5)cc4)cc3)cc2)COC1. The molecule has 0 radical (unpaired) electrons. The molecule has 340 valence electrons. The van der Waals surface area contributed by atoms with Gasteiger partial charge in [-0.3, -0.25) is 0 Å². The van der Waals surface area contributed by atoms with E-state index in [-0.39, 0.29) is 11.0 Å². The zero-order valence-electron chi connectivity index (χ0n) is 39.0. The van der Waals surface area contributed by atoms with Gasteiger partial charge in [-0.25, -0.2) is 0 Å². The molecule has 0 saturated carbocycles. The number of hydrogen-bond donors (Lipinski definition) is 0. The molecule has 6 aromatic carbocycles. The summed E-state index contributed by atoms with van der Waals surface area (Å²) in [6.45, 7) is 10.2. The van der Waals surface area contributed by atoms with Gasteiger partial charge in [-0.1, -0.05) is 124 Å². The van der Waals surface area contributed by atoms with Crippen LogP contribution >= 0.6 is 0 Å². The third-order valence-corrected chi connectivity index (χ3v) is 13.6. The average molecular weight is 871 g/mol. The summed E-state index contributed by atoms with van der Waals surface area (Å²) in [5, 5.41) is 0. The highest BCUT2D eigenvalue weighted by Gasteiger charge is 2.38. The molecule has 6 nitrogen and oxygen atoms in total. The smallest absolute Gasteiger partial charge is 0.114 e. The Morgan fingerprint density at radius 3 is 1.20 bits per heavy atom. The number of nitrogens with zero attached hydrogens (tertiary/aromatic N) is 2. The third-order valence-electron chi connectivity index (χ3n) is 13.6. The lowest BCUT2D eigenvalue weighted by molar-refractivity contribution is -0.211. The molecule has 2 aliphatic rings. The summed E-state index contributed by atoms with van der Waals surface area (Å²) < 4.78 is 23.0. The molecule has 2 aliphatic heterocycles. The number of rotatable bonds is 26. The number of ether oxygens (including phenoxy) is 4. The van der Waals surface area contributed by atoms with Crippen molar-refractivity contribution in [1.29, 1.82) is 0 Å². The van der Waals surface area contributed by atoms with E-state index in [9.17, 15) is 0 Å². The third kappa shape index (κ3) is 12.4. The fourth-order valence-electron chi connectivity index (χ4n) is 9.03. The van der Waals surface area contributed by atoms with Crippen molar-refractivity contribution in [1.82, 2.24) is 0 Å². The van der Waals surface area contributed by atoms with Crippen molar-refractivity contribution in [3.8, 4) is 11.1 Å². The average Bonchev–Trinajstić information content (AvgIpc) is 3.33. The highest BCUT2D eigenvalue weighted by molar-refractivity contribution is 5.80. The molecule has 65 heavy (non-hydrogen) atoms. The van der Waals surface area contributed by atoms with Crippen LogP contribution in [0.4, 0.5) is 34.1 Å². The molecule has 0 aliphatic carbocycles. The summed E-state index contributed by atoms with van der Waals surface area (Å²) in [5.74, 6) is 0. The second-order valence-corrected chi connectivity index (χ2v) is 18.4. The lowest BCUT2D eigenvalue weighted by Crippen LogP contribution is -2.51. The Kier molecular flexibility index (Phi) is 16.6. The fraction of sp³-hybridized carbons (Fsp3) is 0.390. The van der Waals surface area contributed by atoms with Crippen molar-refractivity contribution in [2.45, 2.75) is 96.5 Å². The normalized spacial score (nSPS) is 14.9. The van der Waals surface area contributed by atoms with Crippen LogP contribution in [-0.4, -0.2) is 51.8 Å². The summed E-state index contributed by atoms with van der Waals surface area (Å²) in [6, 6.07) is 57.6. The van der Waals surface area contributed by atoms with E-state index in [1.165, 1.54) is 60.8 Å². The summed E-state index contributed by atoms with van der Waals surface area (Å²) in [5.41, 5.74) is 12.3. The highest BCUT2D eigenvalue weighted by Crippen LogP contribution is 2.38. The predicted octanol–water partition coefficient (Wildman–Crippen LogP) is 15.1. The van der Waals surface area contributed by atoms with Gasteiger partial charge in [-0.2, -0.15) is 0 Å². The van der Waals surface area contributed by atoms with Crippen molar-refractivity contribution in [2.24, 2.45) is 5.41 Å². The van der Waals surface area contributed by atoms with E-state index in [1.807, 2.05) is 0 Å². The van der Waals surface area contributed by atoms with E-state index >= 15 is 0 Å². The van der Waals surface area contributed by atoms with Gasteiger partial charge in [-0.15, -0.1) is 0 Å². The molecule has 0 atom stereocenters. The Labute approximate surface area is 389 Å². The number of aryl methyl sites for hydroxylation is 2. The summed E-state index contributed by atoms with van der Waals surface area (Å²) in [4.78, 5) is 4.70. The first-order chi connectivity index (χ1) is 32.1. The van der Waals surface area contributed by atoms with Crippen LogP contribution in [0, 0.1) is 5.41 Å². The maximum Gasteiger partial charge on any atom is 0.114 e. The molecule has 0 spiro atoms. The minimum atomic E-state index is -0.00769. The van der Waals surface area contributed by atoms with Crippen LogP contribution in [0.3, 0.4) is 0 Å². The lowest BCUT2D eigenvalue weighted by atomic mass is 9.84. The minimum Gasteiger partial charge on any atom is -0.381 e. The number of benzene rings is 6. The number of hydrogen-bond acceptors (Lipinski definition) is 6. The standard InChI is InChI=1S/C59H70N2O4/c1-3-58(44-63-45-58)43-62-41-17-7-5-11-19-48-25-33-54(34-26-48)60(52-21-13-9-14-22-52)56-37-29-50(30-38-56)51-31-39-57(40-32-51)61(53-23-15-10-16-24-53)55-35-27-49(28-36-55)20-12-6-8-18-42-65-59(4-2)46-64-47-59/h9-10,13-16,21-40H,3-8,11-12,17-20,41-47H2,1-2H3. The number of para-hydroxylation sites is 2. The van der Waals surface area contributed by atoms with Crippen LogP contribution in [0.1, 0.15) is 89.2 Å². The summed E-state index contributed by atoms with van der Waals surface area (Å²) in [6.07, 6.45) is 13.9. The van der Waals surface area contributed by atoms with Gasteiger partial charge in [0.25, 0.3) is 0 Å². The second-order valence-electron chi connectivity index (χ2n) is 18.4. The van der Waals surface area contributed by atoms with Gasteiger partial charge in [0.05, 0.1) is 33.0 Å². The molecule has 0 aromatic heterocycles. The van der Waals surface area contributed by atoms with E-state index in [2.05, 4.69) is 181 Å². The molecular weight excluding hydrogens is 801 g/mol. The topological polar surface area (TPSA) is 43.4 Å². The summed E-state index contributed by atoms with van der Waals surface area (Å²) >= 11 is 0. The first-order valence-electron chi connectivity index (χ1n) is 24.5. The molecule has 0 amide bonds. The second kappa shape index (κ2) is 23.3. The lowest BCUT2D eigenvalue weighted by Gasteiger charge is -2.40. The molecule has 6 heteroatoms. The van der Waals surface area contributed by atoms with E-state index in [0.717, 1.165) is 119 Å². The first kappa shape index (κ1) is 46.3. The number of anilines is 6. The Morgan fingerprint density at radius 1 is 0.415 bits per heavy atom. The van der Waals surface area contributed by atoms with E-state index in [4.69, 9.17) is 18.9 Å². The molecule has 2 heterocycles. The predicted molar refractivity (Wildman–Crippen MR) is 270 cm³/mol. The van der Waals surface area contributed by atoms with Crippen LogP contribution in [-0.2, 0) is 31.8 Å². The van der Waals surface area contributed by atoms with Crippen molar-refractivity contribution in [2.75, 3.05) is 56.0 Å². The molecular formula is C59H70N2O4. The maximum atomic E-state index is 6.15. The molecule has 0 N–H and O–H groups in total. The van der Waals surface area contributed by atoms with E-state index in [0.29, 0.717) is 0 Å². The van der Waals surface area contributed by atoms with Crippen LogP contribution in [0.2, 0.25) is 0 Å². The Hall–Kier alpha value is -5.24. The van der Waals surface area contributed by atoms with Crippen molar-refractivity contribution in [3.05, 3.63) is 169 Å². The summed E-state index contributed by atoms with van der Waals surface area (Å²) in [7, 11) is 0. The van der Waals surface area contributed by atoms with Gasteiger partial charge in [-0.05, 0) is 146 Å². The van der Waals surface area contributed by atoms with Crippen LogP contribution < -0.4 is 9.80 Å². The molecule has 2 saturated heterocycles. The van der Waals surface area contributed by atoms with E-state index < -0.39 is 0 Å². The zero-order valence-corrected chi connectivity index (χ0v) is 39.0. The Morgan fingerprint density at radius 2 is 0.815 bits per heavy atom. The molecule has 8 rings (SSSR count). The number of unbranched alkanes of at least 4 members (excludes halogenated alkanes) is 6. The molecule has 2 fully saturated rings. The van der Waals surface area contributed by atoms with Crippen LogP contribution in [0.25, 0.3) is 11.1 Å². The zero-order chi connectivity index (χ0) is 44.6. The fourth-order valence-corrected chi connectivity index (χ4v) is 9.03. The quantitative estimate of drug-likeness (QED) is 0.0506. The largest absolute Gasteiger partial charge is 0.381 e. The molecule has 6 aromatic rings. The van der Waals surface area contributed by atoms with E-state index in [1.54, 1.807) is 0 Å². The van der Waals surface area contributed by atoms with Crippen molar-refractivity contribution >= 4 is 34.1 Å². The van der Waals surface area contributed by atoms with Crippen molar-refractivity contribution in [3.63, 3.8) is 0 Å². The molecule has 0 bridgehead atoms. The monoisotopic (exact) mass is 871 g/mol. The van der Waals surface area contributed by atoms with Crippen LogP contribution in [0.5, 0.6) is 0 Å². The van der Waals surface area contributed by atoms with Gasteiger partial charge in [0, 0.05) is 52.8 Å². The first-order valence-corrected chi connectivity index (χ1v) is 24.5. The Bertz CT molecular complexity index is 2260. The minimum absolute atomic E-state index is 0.00769. The van der Waals surface area contributed by atoms with Gasteiger partial charge in [0.2, 0.25) is 0 Å². The van der Waals surface area contributed by atoms with Gasteiger partial charge in [0.1, 0.15) is 5.60 Å². The van der Waals surface area contributed by atoms with Gasteiger partial charge in [0.15, 0.2) is 0 Å². The molecule has 0 unspecified atom stereocenters. The Balaban J connectivity index is 0.860. The highest BCUT2D eigenvalue weighted by atomic mass is 16.6. The maximum absolute atomic E-state index is 6.15.